The van der Waals surface area contributed by atoms with Crippen LogP contribution in [0.1, 0.15) is 77.0 Å². The van der Waals surface area contributed by atoms with E-state index in [1.54, 1.807) is 0 Å². The normalized spacial score (nSPS) is 11.2. The Labute approximate surface area is 429 Å². The number of anilines is 3. The summed E-state index contributed by atoms with van der Waals surface area (Å²) >= 11 is 0. The van der Waals surface area contributed by atoms with E-state index >= 15 is 0 Å². The number of hydrogen-bond donors (Lipinski definition) is 0. The molecule has 0 spiro atoms. The van der Waals surface area contributed by atoms with Crippen LogP contribution in [-0.2, 0) is 19.6 Å². The van der Waals surface area contributed by atoms with Crippen molar-refractivity contribution in [3.63, 3.8) is 0 Å². The average Bonchev–Trinajstić information content (AvgIpc) is 4.25. The molecule has 9 rings (SSSR count). The summed E-state index contributed by atoms with van der Waals surface area (Å²) in [5, 5.41) is 27.0. The van der Waals surface area contributed by atoms with Crippen molar-refractivity contribution < 1.29 is 14.2 Å². The highest BCUT2D eigenvalue weighted by Crippen LogP contribution is 2.37. The zero-order chi connectivity index (χ0) is 49.5. The molecule has 6 aromatic carbocycles. The number of para-hydroxylation sites is 3. The summed E-state index contributed by atoms with van der Waals surface area (Å²) in [6, 6.07) is 55.7. The van der Waals surface area contributed by atoms with Gasteiger partial charge in [0.25, 0.3) is 0 Å². The molecule has 0 fully saturated rings. The summed E-state index contributed by atoms with van der Waals surface area (Å²) in [5.74, 6) is 2.78. The Balaban J connectivity index is 0.809. The Morgan fingerprint density at radius 2 is 0.575 bits per heavy atom. The van der Waals surface area contributed by atoms with E-state index in [4.69, 9.17) is 14.2 Å². The van der Waals surface area contributed by atoms with Gasteiger partial charge in [-0.15, -0.1) is 15.3 Å². The first-order chi connectivity index (χ1) is 36.2. The van der Waals surface area contributed by atoms with Gasteiger partial charge in [0.15, 0.2) is 0 Å². The Morgan fingerprint density at radius 1 is 0.301 bits per heavy atom. The second-order valence-electron chi connectivity index (χ2n) is 18.3. The van der Waals surface area contributed by atoms with E-state index in [0.29, 0.717) is 0 Å². The van der Waals surface area contributed by atoms with Crippen molar-refractivity contribution >= 4 is 17.1 Å². The molecule has 0 bridgehead atoms. The van der Waals surface area contributed by atoms with Gasteiger partial charge in [0.05, 0.1) is 38.4 Å². The molecule has 0 amide bonds. The van der Waals surface area contributed by atoms with Crippen LogP contribution in [-0.4, -0.2) is 64.8 Å². The van der Waals surface area contributed by atoms with E-state index in [9.17, 15) is 0 Å². The van der Waals surface area contributed by atoms with E-state index < -0.39 is 0 Å². The minimum atomic E-state index is 0.735. The molecular weight excluding hydrogens is 909 g/mol. The number of hydrogen-bond acceptors (Lipinski definition) is 10. The zero-order valence-corrected chi connectivity index (χ0v) is 41.7. The third-order valence-electron chi connectivity index (χ3n) is 12.8. The van der Waals surface area contributed by atoms with Crippen molar-refractivity contribution in [3.8, 4) is 51.0 Å². The second-order valence-corrected chi connectivity index (χ2v) is 18.3. The molecule has 0 saturated heterocycles. The molecule has 0 saturated carbocycles. The van der Waals surface area contributed by atoms with Crippen LogP contribution >= 0.6 is 0 Å². The topological polar surface area (TPSA) is 123 Å². The van der Waals surface area contributed by atoms with Gasteiger partial charge in [-0.05, 0) is 131 Å². The van der Waals surface area contributed by atoms with Gasteiger partial charge in [-0.1, -0.05) is 126 Å². The number of nitrogens with zero attached hydrogens (tertiary/aromatic N) is 10. The predicted octanol–water partition coefficient (Wildman–Crippen LogP) is 13.9. The first-order valence-corrected chi connectivity index (χ1v) is 26.1. The number of unbranched alkanes of at least 4 members (excludes halogenated alkanes) is 9. The summed E-state index contributed by atoms with van der Waals surface area (Å²) in [6.07, 6.45) is 19.0. The fraction of sp³-hybridized carbons (Fsp3) is 0.300. The van der Waals surface area contributed by atoms with Gasteiger partial charge in [-0.25, -0.2) is 0 Å². The van der Waals surface area contributed by atoms with Crippen LogP contribution in [0.2, 0.25) is 0 Å². The van der Waals surface area contributed by atoms with Gasteiger partial charge in [0, 0.05) is 53.4 Å². The Hall–Kier alpha value is -8.06. The summed E-state index contributed by atoms with van der Waals surface area (Å²) in [6.45, 7) is 4.69. The highest BCUT2D eigenvalue weighted by atomic mass is 16.5. The lowest BCUT2D eigenvalue weighted by atomic mass is 10.1. The molecule has 9 aromatic rings. The molecule has 0 aliphatic rings. The maximum Gasteiger partial charge on any atom is 0.119 e. The average molecular weight is 975 g/mol. The summed E-state index contributed by atoms with van der Waals surface area (Å²) in [5.41, 5.74) is 8.65. The van der Waals surface area contributed by atoms with Crippen LogP contribution in [0.4, 0.5) is 17.1 Å². The summed E-state index contributed by atoms with van der Waals surface area (Å²) in [4.78, 5) is 2.27. The fourth-order valence-corrected chi connectivity index (χ4v) is 8.72. The van der Waals surface area contributed by atoms with E-state index in [0.717, 1.165) is 185 Å². The molecule has 73 heavy (non-hydrogen) atoms. The monoisotopic (exact) mass is 975 g/mol. The highest BCUT2D eigenvalue weighted by Gasteiger charge is 2.16. The number of ether oxygens (including phenoxy) is 3. The van der Waals surface area contributed by atoms with E-state index in [1.807, 2.05) is 124 Å². The summed E-state index contributed by atoms with van der Waals surface area (Å²) < 4.78 is 23.4. The van der Waals surface area contributed by atoms with Crippen molar-refractivity contribution in [1.29, 1.82) is 0 Å². The van der Waals surface area contributed by atoms with Crippen molar-refractivity contribution in [2.45, 2.75) is 96.7 Å². The molecular formula is C60H66N10O3. The van der Waals surface area contributed by atoms with Crippen molar-refractivity contribution in [1.82, 2.24) is 45.0 Å². The minimum Gasteiger partial charge on any atom is -0.494 e. The van der Waals surface area contributed by atoms with Crippen LogP contribution < -0.4 is 19.1 Å². The van der Waals surface area contributed by atoms with Gasteiger partial charge in [-0.2, -0.15) is 0 Å². The van der Waals surface area contributed by atoms with Crippen LogP contribution in [0.25, 0.3) is 33.8 Å². The van der Waals surface area contributed by atoms with Gasteiger partial charge < -0.3 is 19.1 Å². The van der Waals surface area contributed by atoms with Gasteiger partial charge in [-0.3, -0.25) is 14.0 Å². The molecule has 374 valence electrons. The molecule has 0 atom stereocenters. The number of benzene rings is 6. The fourth-order valence-electron chi connectivity index (χ4n) is 8.72. The highest BCUT2D eigenvalue weighted by molar-refractivity contribution is 5.80. The van der Waals surface area contributed by atoms with Crippen molar-refractivity contribution in [2.24, 2.45) is 0 Å². The smallest absolute Gasteiger partial charge is 0.119 e. The van der Waals surface area contributed by atoms with E-state index in [2.05, 4.69) is 109 Å². The standard InChI is InChI=1S/C60H66N10O3/c1(4-19-43-71-55-22-10-7-11-23-55)16-40-67-46-58(61-64-67)49-28-34-52(35-29-49)70(53-36-30-50(31-37-53)59-47-68(65-62-59)41-17-2-5-20-44-72-56-24-12-8-13-25-56)54-38-32-51(33-39-54)60-48-69(66-63-60)42-18-3-6-21-45-73-57-26-14-9-15-27-57/h7-15,22-39,46-48H,1-6,16-21,40-45H2. The lowest BCUT2D eigenvalue weighted by Gasteiger charge is -2.26. The van der Waals surface area contributed by atoms with Gasteiger partial charge in [0.2, 0.25) is 0 Å². The third-order valence-corrected chi connectivity index (χ3v) is 12.8. The third kappa shape index (κ3) is 15.2. The Morgan fingerprint density at radius 3 is 0.863 bits per heavy atom. The molecule has 0 aliphatic carbocycles. The van der Waals surface area contributed by atoms with Crippen LogP contribution in [0.3, 0.4) is 0 Å². The lowest BCUT2D eigenvalue weighted by Crippen LogP contribution is -2.09. The van der Waals surface area contributed by atoms with Crippen LogP contribution in [0.15, 0.2) is 182 Å². The minimum absolute atomic E-state index is 0.735. The molecule has 0 aliphatic heterocycles. The molecule has 0 unspecified atom stereocenters. The SMILES string of the molecule is c1ccc(OCCCCCCn2cc(-c3ccc(N(c4ccc(-c5cn(CCCCCCOc6ccccc6)nn5)cc4)c4ccc(-c5cn(CCCCCCOc6ccccc6)nn5)cc4)cc3)nn2)cc1. The summed E-state index contributed by atoms with van der Waals surface area (Å²) in [7, 11) is 0. The Kier molecular flexibility index (Phi) is 18.4. The van der Waals surface area contributed by atoms with Crippen LogP contribution in [0.5, 0.6) is 17.2 Å². The zero-order valence-electron chi connectivity index (χ0n) is 41.7. The first-order valence-electron chi connectivity index (χ1n) is 26.1. The maximum atomic E-state index is 5.85. The van der Waals surface area contributed by atoms with Crippen molar-refractivity contribution in [2.75, 3.05) is 24.7 Å². The molecule has 13 nitrogen and oxygen atoms in total. The Bertz CT molecular complexity index is 2620. The predicted molar refractivity (Wildman–Crippen MR) is 289 cm³/mol. The van der Waals surface area contributed by atoms with Crippen molar-refractivity contribution in [3.05, 3.63) is 182 Å². The van der Waals surface area contributed by atoms with Crippen LogP contribution in [0, 0.1) is 0 Å². The molecule has 13 heteroatoms. The lowest BCUT2D eigenvalue weighted by molar-refractivity contribution is 0.303. The quantitative estimate of drug-likeness (QED) is 0.0402. The second kappa shape index (κ2) is 27.0. The van der Waals surface area contributed by atoms with E-state index in [1.165, 1.54) is 0 Å². The first kappa shape index (κ1) is 49.9. The van der Waals surface area contributed by atoms with Gasteiger partial charge >= 0.3 is 0 Å². The largest absolute Gasteiger partial charge is 0.494 e. The maximum absolute atomic E-state index is 5.85. The number of aromatic nitrogens is 9. The molecule has 3 heterocycles. The van der Waals surface area contributed by atoms with E-state index in [-0.39, 0.29) is 0 Å². The number of rotatable bonds is 30. The molecule has 0 N–H and O–H groups in total. The van der Waals surface area contributed by atoms with Gasteiger partial charge in [0.1, 0.15) is 34.3 Å². The molecule has 3 aromatic heterocycles. The number of aryl methyl sites for hydroxylation is 3. The molecule has 0 radical (unpaired) electrons.